The number of hydrogen-bond donors (Lipinski definition) is 0. The smallest absolute Gasteiger partial charge is 0.374 e. The van der Waals surface area contributed by atoms with Crippen LogP contribution < -0.4 is 5.46 Å². The summed E-state index contributed by atoms with van der Waals surface area (Å²) in [5.74, 6) is 0. The number of rotatable bonds is 2. The Morgan fingerprint density at radius 2 is 1.80 bits per heavy atom. The van der Waals surface area contributed by atoms with Crippen molar-refractivity contribution in [3.05, 3.63) is 57.3 Å². The number of aromatic nitrogens is 1. The Morgan fingerprint density at radius 3 is 2.36 bits per heavy atom. The van der Waals surface area contributed by atoms with Gasteiger partial charge in [0.25, 0.3) is 5.60 Å². The van der Waals surface area contributed by atoms with E-state index in [1.54, 1.807) is 12.3 Å². The fourth-order valence-electron chi connectivity index (χ4n) is 2.61. The highest BCUT2D eigenvalue weighted by Crippen LogP contribution is 2.49. The highest BCUT2D eigenvalue weighted by Gasteiger charge is 2.62. The van der Waals surface area contributed by atoms with Crippen molar-refractivity contribution in [2.75, 3.05) is 0 Å². The van der Waals surface area contributed by atoms with Gasteiger partial charge in [-0.05, 0) is 31.2 Å². The molecule has 0 bridgehead atoms. The summed E-state index contributed by atoms with van der Waals surface area (Å²) in [7, 11) is 1.87. The van der Waals surface area contributed by atoms with Crippen molar-refractivity contribution in [2.24, 2.45) is 5.16 Å². The van der Waals surface area contributed by atoms with Gasteiger partial charge in [-0.1, -0.05) is 39.4 Å². The van der Waals surface area contributed by atoms with Gasteiger partial charge in [0.2, 0.25) is 0 Å². The molecule has 3 rings (SSSR count). The first-order chi connectivity index (χ1) is 11.6. The number of nitrogens with zero attached hydrogens (tertiary/aromatic N) is 2. The molecule has 0 saturated carbocycles. The lowest BCUT2D eigenvalue weighted by Gasteiger charge is -2.29. The molecule has 0 radical (unpaired) electrons. The number of alkyl halides is 3. The van der Waals surface area contributed by atoms with Gasteiger partial charge >= 0.3 is 6.18 Å². The third kappa shape index (κ3) is 3.23. The van der Waals surface area contributed by atoms with Crippen LogP contribution in [0.5, 0.6) is 0 Å². The van der Waals surface area contributed by atoms with E-state index in [1.165, 1.54) is 18.2 Å². The van der Waals surface area contributed by atoms with Crippen molar-refractivity contribution in [3.8, 4) is 0 Å². The minimum Gasteiger partial charge on any atom is -0.374 e. The molecule has 3 nitrogen and oxygen atoms in total. The van der Waals surface area contributed by atoms with E-state index in [2.05, 4.69) is 10.1 Å². The van der Waals surface area contributed by atoms with Gasteiger partial charge < -0.3 is 4.84 Å². The lowest BCUT2D eigenvalue weighted by Crippen LogP contribution is -2.42. The second kappa shape index (κ2) is 6.22. The summed E-state index contributed by atoms with van der Waals surface area (Å²) in [6, 6.07) is 5.42. The summed E-state index contributed by atoms with van der Waals surface area (Å²) in [6.45, 7) is 1.85. The van der Waals surface area contributed by atoms with Crippen LogP contribution in [0.2, 0.25) is 10.0 Å². The molecule has 9 heteroatoms. The monoisotopic (exact) mass is 386 g/mol. The molecule has 0 saturated heterocycles. The van der Waals surface area contributed by atoms with E-state index >= 15 is 0 Å². The second-order valence-electron chi connectivity index (χ2n) is 5.94. The Kier molecular flexibility index (Phi) is 4.49. The molecule has 0 spiro atoms. The largest absolute Gasteiger partial charge is 0.435 e. The van der Waals surface area contributed by atoms with Crippen molar-refractivity contribution in [3.63, 3.8) is 0 Å². The maximum atomic E-state index is 13.9. The highest BCUT2D eigenvalue weighted by atomic mass is 35.5. The van der Waals surface area contributed by atoms with Crippen LogP contribution in [0, 0.1) is 6.92 Å². The summed E-state index contributed by atoms with van der Waals surface area (Å²) in [5, 5.41) is 3.86. The normalized spacial score (nSPS) is 20.3. The first-order valence-electron chi connectivity index (χ1n) is 7.34. The van der Waals surface area contributed by atoms with Gasteiger partial charge in [-0.15, -0.1) is 0 Å². The molecule has 25 heavy (non-hydrogen) atoms. The van der Waals surface area contributed by atoms with Crippen molar-refractivity contribution in [1.29, 1.82) is 0 Å². The second-order valence-corrected chi connectivity index (χ2v) is 6.82. The Balaban J connectivity index is 2.04. The molecule has 2 aromatic rings. The van der Waals surface area contributed by atoms with Gasteiger partial charge in [0, 0.05) is 21.8 Å². The molecular weight excluding hydrogens is 375 g/mol. The van der Waals surface area contributed by atoms with E-state index in [4.69, 9.17) is 28.0 Å². The van der Waals surface area contributed by atoms with Crippen LogP contribution in [-0.4, -0.2) is 24.7 Å². The molecule has 1 aliphatic rings. The zero-order valence-electron chi connectivity index (χ0n) is 13.3. The van der Waals surface area contributed by atoms with E-state index in [-0.39, 0.29) is 21.3 Å². The summed E-state index contributed by atoms with van der Waals surface area (Å²) < 4.78 is 41.7. The maximum Gasteiger partial charge on any atom is 0.435 e. The Hall–Kier alpha value is -1.73. The Labute approximate surface area is 153 Å². The number of halogens is 5. The van der Waals surface area contributed by atoms with Crippen LogP contribution in [0.1, 0.15) is 23.2 Å². The predicted octanol–water partition coefficient (Wildman–Crippen LogP) is 3.54. The summed E-state index contributed by atoms with van der Waals surface area (Å²) in [6.07, 6.45) is -3.63. The SMILES string of the molecule is Bc1cnc(C2=NOC(c3cc(Cl)cc(Cl)c3)(C(F)(F)F)C2)cc1C. The molecular formula is C16H12BCl2F3N2O. The molecule has 0 N–H and O–H groups in total. The fraction of sp³-hybridized carbons (Fsp3) is 0.250. The number of hydrogen-bond acceptors (Lipinski definition) is 3. The fourth-order valence-corrected chi connectivity index (χ4v) is 3.14. The molecule has 0 aliphatic carbocycles. The third-order valence-corrected chi connectivity index (χ3v) is 4.62. The average Bonchev–Trinajstić information content (AvgIpc) is 2.95. The minimum atomic E-state index is -4.72. The molecule has 0 fully saturated rings. The number of aryl methyl sites for hydroxylation is 1. The Morgan fingerprint density at radius 1 is 1.16 bits per heavy atom. The van der Waals surface area contributed by atoms with E-state index < -0.39 is 18.2 Å². The lowest BCUT2D eigenvalue weighted by molar-refractivity contribution is -0.275. The third-order valence-electron chi connectivity index (χ3n) is 4.18. The van der Waals surface area contributed by atoms with Crippen LogP contribution in [0.15, 0.2) is 35.6 Å². The van der Waals surface area contributed by atoms with Crippen LogP contribution in [0.25, 0.3) is 0 Å². The number of benzene rings is 1. The molecule has 1 aromatic heterocycles. The van der Waals surface area contributed by atoms with E-state index in [9.17, 15) is 13.2 Å². The molecule has 2 heterocycles. The first kappa shape index (κ1) is 18.1. The average molecular weight is 387 g/mol. The topological polar surface area (TPSA) is 34.5 Å². The minimum absolute atomic E-state index is 0.0903. The van der Waals surface area contributed by atoms with Crippen molar-refractivity contribution in [2.45, 2.75) is 25.1 Å². The van der Waals surface area contributed by atoms with Gasteiger partial charge in [-0.3, -0.25) is 4.98 Å². The zero-order valence-corrected chi connectivity index (χ0v) is 14.8. The molecule has 1 aromatic carbocycles. The summed E-state index contributed by atoms with van der Waals surface area (Å²) in [5.41, 5.74) is -0.522. The lowest BCUT2D eigenvalue weighted by atomic mass is 9.86. The van der Waals surface area contributed by atoms with Crippen LogP contribution in [0.3, 0.4) is 0 Å². The van der Waals surface area contributed by atoms with Gasteiger partial charge in [0.1, 0.15) is 13.6 Å². The standard InChI is InChI=1S/C16H12BCl2F3N2O/c1-8-2-13(23-7-12(8)17)14-6-15(25-24-14,16(20,21)22)9-3-10(18)5-11(19)4-9/h2-5,7H,6,17H2,1H3. The van der Waals surface area contributed by atoms with E-state index in [0.717, 1.165) is 11.0 Å². The number of oxime groups is 1. The van der Waals surface area contributed by atoms with Crippen molar-refractivity contribution < 1.29 is 18.0 Å². The van der Waals surface area contributed by atoms with Crippen molar-refractivity contribution in [1.82, 2.24) is 4.98 Å². The maximum absolute atomic E-state index is 13.9. The van der Waals surface area contributed by atoms with Crippen molar-refractivity contribution >= 4 is 42.2 Å². The molecule has 1 unspecified atom stereocenters. The van der Waals surface area contributed by atoms with Gasteiger partial charge in [0.05, 0.1) is 12.1 Å². The van der Waals surface area contributed by atoms with Crippen LogP contribution >= 0.6 is 23.2 Å². The van der Waals surface area contributed by atoms with Gasteiger partial charge in [-0.2, -0.15) is 13.2 Å². The Bertz CT molecular complexity index is 853. The van der Waals surface area contributed by atoms with Crippen LogP contribution in [0.4, 0.5) is 13.2 Å². The molecule has 1 aliphatic heterocycles. The zero-order chi connectivity index (χ0) is 18.4. The van der Waals surface area contributed by atoms with E-state index in [0.29, 0.717) is 5.69 Å². The quantitative estimate of drug-likeness (QED) is 0.740. The van der Waals surface area contributed by atoms with Gasteiger partial charge in [-0.25, -0.2) is 0 Å². The summed E-state index contributed by atoms with van der Waals surface area (Å²) in [4.78, 5) is 9.11. The highest BCUT2D eigenvalue weighted by molar-refractivity contribution is 6.34. The molecule has 1 atom stereocenters. The first-order valence-corrected chi connectivity index (χ1v) is 8.10. The van der Waals surface area contributed by atoms with Gasteiger partial charge in [0.15, 0.2) is 0 Å². The molecule has 130 valence electrons. The predicted molar refractivity (Wildman–Crippen MR) is 93.6 cm³/mol. The van der Waals surface area contributed by atoms with E-state index in [1.807, 2.05) is 14.8 Å². The molecule has 0 amide bonds. The summed E-state index contributed by atoms with van der Waals surface area (Å²) >= 11 is 11.8. The van der Waals surface area contributed by atoms with Crippen LogP contribution in [-0.2, 0) is 10.4 Å². The number of pyridine rings is 1.